The normalized spacial score (nSPS) is 21.9. The SMILES string of the molecule is C=S(C)(=O)NCC(COC1CCC(c2ccccc2)CC1)c1c(OC)ccn(C)c1=O. The second-order valence-electron chi connectivity index (χ2n) is 8.48. The molecule has 2 unspecified atom stereocenters. The first kappa shape index (κ1) is 23.6. The molecule has 0 spiro atoms. The van der Waals surface area contributed by atoms with Crippen LogP contribution in [0.5, 0.6) is 5.75 Å². The van der Waals surface area contributed by atoms with Crippen LogP contribution in [0.4, 0.5) is 0 Å². The molecule has 170 valence electrons. The average Bonchev–Trinajstić information content (AvgIpc) is 2.76. The Kier molecular flexibility index (Phi) is 7.97. The maximum atomic E-state index is 12.9. The Hall–Kier alpha value is -2.09. The monoisotopic (exact) mass is 446 g/mol. The molecule has 1 aromatic carbocycles. The molecule has 0 bridgehead atoms. The Labute approximate surface area is 185 Å². The van der Waals surface area contributed by atoms with E-state index in [1.165, 1.54) is 10.1 Å². The summed E-state index contributed by atoms with van der Waals surface area (Å²) in [6.45, 7) is 0.687. The first-order valence-electron chi connectivity index (χ1n) is 10.8. The number of hydrogen-bond donors (Lipinski definition) is 1. The van der Waals surface area contributed by atoms with E-state index < -0.39 is 9.71 Å². The number of nitrogens with one attached hydrogen (secondary N) is 1. The largest absolute Gasteiger partial charge is 0.496 e. The van der Waals surface area contributed by atoms with Gasteiger partial charge in [-0.1, -0.05) is 30.3 Å². The third-order valence-electron chi connectivity index (χ3n) is 6.01. The van der Waals surface area contributed by atoms with Crippen molar-refractivity contribution >= 4 is 15.6 Å². The Balaban J connectivity index is 1.69. The lowest BCUT2D eigenvalue weighted by atomic mass is 9.83. The van der Waals surface area contributed by atoms with Crippen molar-refractivity contribution in [2.75, 3.05) is 26.5 Å². The number of benzene rings is 1. The van der Waals surface area contributed by atoms with Crippen LogP contribution in [0, 0.1) is 0 Å². The number of hydrogen-bond acceptors (Lipinski definition) is 4. The summed E-state index contributed by atoms with van der Waals surface area (Å²) >= 11 is 0. The van der Waals surface area contributed by atoms with Crippen molar-refractivity contribution in [1.82, 2.24) is 9.29 Å². The fourth-order valence-corrected chi connectivity index (χ4v) is 4.80. The number of rotatable bonds is 9. The van der Waals surface area contributed by atoms with Crippen LogP contribution in [0.1, 0.15) is 48.6 Å². The summed E-state index contributed by atoms with van der Waals surface area (Å²) in [5.41, 5.74) is 1.81. The molecule has 31 heavy (non-hydrogen) atoms. The standard InChI is InChI=1S/C24H34N2O4S/c1-26-15-14-22(29-2)23(24(26)27)20(16-25-31(3,4)28)17-30-21-12-10-19(11-13-21)18-8-6-5-7-9-18/h5-9,14-15,19-21H,3,10-13,16-17H2,1-2,4H3,(H,25,28). The second-order valence-corrected chi connectivity index (χ2v) is 10.8. The molecule has 7 heteroatoms. The minimum Gasteiger partial charge on any atom is -0.496 e. The molecule has 1 saturated carbocycles. The third-order valence-corrected chi connectivity index (χ3v) is 6.78. The quantitative estimate of drug-likeness (QED) is 0.601. The van der Waals surface area contributed by atoms with Crippen LogP contribution in [0.25, 0.3) is 0 Å². The molecule has 2 atom stereocenters. The van der Waals surface area contributed by atoms with Gasteiger partial charge in [-0.3, -0.25) is 9.00 Å². The lowest BCUT2D eigenvalue weighted by molar-refractivity contribution is 0.0166. The van der Waals surface area contributed by atoms with Gasteiger partial charge in [-0.05, 0) is 49.1 Å². The summed E-state index contributed by atoms with van der Waals surface area (Å²) in [5, 5.41) is 0. The highest BCUT2D eigenvalue weighted by Crippen LogP contribution is 2.34. The minimum atomic E-state index is -2.41. The van der Waals surface area contributed by atoms with Gasteiger partial charge in [0.05, 0.1) is 25.4 Å². The fraction of sp³-hybridized carbons (Fsp3) is 0.500. The van der Waals surface area contributed by atoms with E-state index in [1.54, 1.807) is 32.7 Å². The number of aromatic nitrogens is 1. The summed E-state index contributed by atoms with van der Waals surface area (Å²) in [6, 6.07) is 12.4. The van der Waals surface area contributed by atoms with Gasteiger partial charge >= 0.3 is 0 Å². The zero-order chi connectivity index (χ0) is 22.4. The van der Waals surface area contributed by atoms with E-state index in [-0.39, 0.29) is 17.6 Å². The van der Waals surface area contributed by atoms with Crippen molar-refractivity contribution in [3.05, 3.63) is 64.1 Å². The van der Waals surface area contributed by atoms with E-state index in [9.17, 15) is 9.00 Å². The Morgan fingerprint density at radius 2 is 1.87 bits per heavy atom. The van der Waals surface area contributed by atoms with Gasteiger partial charge in [-0.25, -0.2) is 4.72 Å². The van der Waals surface area contributed by atoms with Crippen LogP contribution in [0.15, 0.2) is 47.4 Å². The third kappa shape index (κ3) is 6.45. The minimum absolute atomic E-state index is 0.130. The maximum absolute atomic E-state index is 12.9. The van der Waals surface area contributed by atoms with Gasteiger partial charge in [0.15, 0.2) is 0 Å². The number of nitrogens with zero attached hydrogens (tertiary/aromatic N) is 1. The fourth-order valence-electron chi connectivity index (χ4n) is 4.25. The van der Waals surface area contributed by atoms with E-state index in [1.807, 2.05) is 0 Å². The molecule has 1 aliphatic carbocycles. The summed E-state index contributed by atoms with van der Waals surface area (Å²) in [6.07, 6.45) is 7.56. The molecule has 0 radical (unpaired) electrons. The highest BCUT2D eigenvalue weighted by Gasteiger charge is 2.26. The van der Waals surface area contributed by atoms with Gasteiger partial charge in [-0.2, -0.15) is 0 Å². The molecule has 6 nitrogen and oxygen atoms in total. The molecule has 0 saturated heterocycles. The number of methoxy groups -OCH3 is 1. The van der Waals surface area contributed by atoms with Crippen molar-refractivity contribution < 1.29 is 13.7 Å². The predicted octanol–water partition coefficient (Wildman–Crippen LogP) is 3.07. The van der Waals surface area contributed by atoms with E-state index in [0.717, 1.165) is 25.7 Å². The number of ether oxygens (including phenoxy) is 2. The number of pyridine rings is 1. The van der Waals surface area contributed by atoms with Crippen LogP contribution >= 0.6 is 0 Å². The molecule has 0 aliphatic heterocycles. The summed E-state index contributed by atoms with van der Waals surface area (Å²) in [4.78, 5) is 12.9. The number of aryl methyl sites for hydroxylation is 1. The van der Waals surface area contributed by atoms with E-state index in [0.29, 0.717) is 30.4 Å². The van der Waals surface area contributed by atoms with Gasteiger partial charge in [0.2, 0.25) is 0 Å². The lowest BCUT2D eigenvalue weighted by Gasteiger charge is -2.30. The van der Waals surface area contributed by atoms with Gasteiger partial charge < -0.3 is 14.0 Å². The van der Waals surface area contributed by atoms with E-state index in [4.69, 9.17) is 9.47 Å². The van der Waals surface area contributed by atoms with Crippen molar-refractivity contribution in [3.63, 3.8) is 0 Å². The smallest absolute Gasteiger partial charge is 0.257 e. The molecule has 1 N–H and O–H groups in total. The van der Waals surface area contributed by atoms with Gasteiger partial charge in [-0.15, -0.1) is 0 Å². The van der Waals surface area contributed by atoms with Crippen molar-refractivity contribution in [3.8, 4) is 5.75 Å². The van der Waals surface area contributed by atoms with Crippen molar-refractivity contribution in [1.29, 1.82) is 0 Å². The van der Waals surface area contributed by atoms with Crippen LogP contribution < -0.4 is 15.0 Å². The van der Waals surface area contributed by atoms with Crippen LogP contribution in [0.3, 0.4) is 0 Å². The second kappa shape index (κ2) is 10.5. The summed E-state index contributed by atoms with van der Waals surface area (Å²) in [5.74, 6) is 4.48. The zero-order valence-corrected chi connectivity index (χ0v) is 19.5. The highest BCUT2D eigenvalue weighted by atomic mass is 32.2. The summed E-state index contributed by atoms with van der Waals surface area (Å²) in [7, 11) is 0.862. The van der Waals surface area contributed by atoms with Crippen LogP contribution in [-0.2, 0) is 21.5 Å². The van der Waals surface area contributed by atoms with E-state index in [2.05, 4.69) is 40.9 Å². The molecular weight excluding hydrogens is 412 g/mol. The molecule has 1 aliphatic rings. The van der Waals surface area contributed by atoms with Gasteiger partial charge in [0.1, 0.15) is 5.75 Å². The Morgan fingerprint density at radius 1 is 1.19 bits per heavy atom. The summed E-state index contributed by atoms with van der Waals surface area (Å²) < 4.78 is 28.4. The van der Waals surface area contributed by atoms with E-state index >= 15 is 0 Å². The zero-order valence-electron chi connectivity index (χ0n) is 18.7. The first-order valence-corrected chi connectivity index (χ1v) is 12.9. The van der Waals surface area contributed by atoms with Gasteiger partial charge in [0, 0.05) is 41.7 Å². The Bertz CT molecular complexity index is 1010. The topological polar surface area (TPSA) is 69.6 Å². The molecule has 1 aromatic heterocycles. The first-order chi connectivity index (χ1) is 14.8. The van der Waals surface area contributed by atoms with Crippen molar-refractivity contribution in [2.24, 2.45) is 7.05 Å². The van der Waals surface area contributed by atoms with Crippen LogP contribution in [-0.4, -0.2) is 47.3 Å². The molecule has 0 amide bonds. The predicted molar refractivity (Wildman–Crippen MR) is 128 cm³/mol. The molecular formula is C24H34N2O4S. The molecule has 1 heterocycles. The molecule has 2 aromatic rings. The van der Waals surface area contributed by atoms with Crippen LogP contribution in [0.2, 0.25) is 0 Å². The average molecular weight is 447 g/mol. The molecule has 3 rings (SSSR count). The Morgan fingerprint density at radius 3 is 2.48 bits per heavy atom. The van der Waals surface area contributed by atoms with Gasteiger partial charge in [0.25, 0.3) is 5.56 Å². The highest BCUT2D eigenvalue weighted by molar-refractivity contribution is 7.97. The van der Waals surface area contributed by atoms with Crippen molar-refractivity contribution in [2.45, 2.75) is 43.6 Å². The lowest BCUT2D eigenvalue weighted by Crippen LogP contribution is -2.35. The maximum Gasteiger partial charge on any atom is 0.257 e. The molecule has 1 fully saturated rings.